The number of carbonyl (C=O) groups excluding carboxylic acids is 2. The Labute approximate surface area is 151 Å². The molecule has 130 valence electrons. The lowest BCUT2D eigenvalue weighted by molar-refractivity contribution is -0.139. The van der Waals surface area contributed by atoms with Gasteiger partial charge in [-0.25, -0.2) is 4.79 Å². The Morgan fingerprint density at radius 3 is 2.31 bits per heavy atom. The molecule has 0 saturated heterocycles. The van der Waals surface area contributed by atoms with Gasteiger partial charge < -0.3 is 10.1 Å². The van der Waals surface area contributed by atoms with Crippen molar-refractivity contribution in [1.82, 2.24) is 5.32 Å². The molecule has 2 aromatic carbocycles. The third kappa shape index (κ3) is 3.22. The maximum Gasteiger partial charge on any atom is 0.336 e. The molecule has 0 aliphatic carbocycles. The molecular formula is C21H18N2O3. The second-order valence-electron chi connectivity index (χ2n) is 5.86. The van der Waals surface area contributed by atoms with Crippen LogP contribution in [0, 0.1) is 17.2 Å². The van der Waals surface area contributed by atoms with Crippen LogP contribution in [0.5, 0.6) is 0 Å². The molecule has 1 aliphatic heterocycles. The summed E-state index contributed by atoms with van der Waals surface area (Å²) in [7, 11) is 0. The summed E-state index contributed by atoms with van der Waals surface area (Å²) in [5.41, 5.74) is 2.12. The minimum Gasteiger partial charge on any atom is -0.463 e. The van der Waals surface area contributed by atoms with E-state index in [1.54, 1.807) is 6.92 Å². The minimum absolute atomic E-state index is 0.205. The summed E-state index contributed by atoms with van der Waals surface area (Å²) in [4.78, 5) is 25.4. The highest BCUT2D eigenvalue weighted by Gasteiger charge is 2.42. The average molecular weight is 346 g/mol. The molecule has 2 atom stereocenters. The zero-order valence-electron chi connectivity index (χ0n) is 14.3. The Bertz CT molecular complexity index is 882. The van der Waals surface area contributed by atoms with Crippen molar-refractivity contribution in [2.75, 3.05) is 6.61 Å². The summed E-state index contributed by atoms with van der Waals surface area (Å²) in [6, 6.07) is 20.3. The van der Waals surface area contributed by atoms with Gasteiger partial charge in [-0.3, -0.25) is 4.79 Å². The fourth-order valence-electron chi connectivity index (χ4n) is 3.16. The van der Waals surface area contributed by atoms with Gasteiger partial charge in [0, 0.05) is 5.92 Å². The fourth-order valence-corrected chi connectivity index (χ4v) is 3.16. The number of nitrogens with zero attached hydrogens (tertiary/aromatic N) is 1. The first kappa shape index (κ1) is 17.4. The van der Waals surface area contributed by atoms with Gasteiger partial charge in [-0.2, -0.15) is 5.26 Å². The molecule has 26 heavy (non-hydrogen) atoms. The standard InChI is InChI=1S/C21H18N2O3/c1-2-26-21(25)18-17(14-9-5-3-6-10-14)16(13-22)20(24)23-19(18)15-11-7-4-8-12-15/h3-12,16-17H,2H2,1H3,(H,23,24). The van der Waals surface area contributed by atoms with Gasteiger partial charge in [-0.05, 0) is 18.1 Å². The number of rotatable bonds is 4. The Balaban J connectivity index is 2.26. The van der Waals surface area contributed by atoms with E-state index in [1.165, 1.54) is 0 Å². The molecule has 0 radical (unpaired) electrons. The lowest BCUT2D eigenvalue weighted by Crippen LogP contribution is -2.41. The van der Waals surface area contributed by atoms with Crippen LogP contribution in [0.15, 0.2) is 66.2 Å². The van der Waals surface area contributed by atoms with Crippen LogP contribution in [0.1, 0.15) is 24.0 Å². The van der Waals surface area contributed by atoms with Crippen LogP contribution in [0.3, 0.4) is 0 Å². The molecule has 1 aliphatic rings. The van der Waals surface area contributed by atoms with E-state index in [2.05, 4.69) is 5.32 Å². The van der Waals surface area contributed by atoms with Crippen molar-refractivity contribution in [3.63, 3.8) is 0 Å². The van der Waals surface area contributed by atoms with Gasteiger partial charge in [0.05, 0.1) is 23.9 Å². The van der Waals surface area contributed by atoms with Crippen LogP contribution in [0.25, 0.3) is 5.70 Å². The second-order valence-corrected chi connectivity index (χ2v) is 5.86. The van der Waals surface area contributed by atoms with Crippen molar-refractivity contribution >= 4 is 17.6 Å². The molecule has 0 saturated carbocycles. The highest BCUT2D eigenvalue weighted by molar-refractivity contribution is 6.06. The van der Waals surface area contributed by atoms with Gasteiger partial charge in [0.25, 0.3) is 0 Å². The van der Waals surface area contributed by atoms with Gasteiger partial charge in [0.15, 0.2) is 0 Å². The number of benzene rings is 2. The highest BCUT2D eigenvalue weighted by Crippen LogP contribution is 2.40. The Kier molecular flexibility index (Phi) is 5.14. The molecule has 1 heterocycles. The molecule has 1 N–H and O–H groups in total. The van der Waals surface area contributed by atoms with E-state index < -0.39 is 23.7 Å². The summed E-state index contributed by atoms with van der Waals surface area (Å²) >= 11 is 0. The molecule has 5 heteroatoms. The molecule has 1 amide bonds. The lowest BCUT2D eigenvalue weighted by Gasteiger charge is -2.31. The summed E-state index contributed by atoms with van der Waals surface area (Å²) in [6.07, 6.45) is 0. The summed E-state index contributed by atoms with van der Waals surface area (Å²) in [6.45, 7) is 1.93. The number of esters is 1. The van der Waals surface area contributed by atoms with E-state index in [1.807, 2.05) is 66.7 Å². The molecule has 2 aromatic rings. The van der Waals surface area contributed by atoms with E-state index in [-0.39, 0.29) is 6.61 Å². The Morgan fingerprint density at radius 1 is 1.12 bits per heavy atom. The maximum atomic E-state index is 12.8. The van der Waals surface area contributed by atoms with Crippen LogP contribution in [-0.4, -0.2) is 18.5 Å². The summed E-state index contributed by atoms with van der Waals surface area (Å²) in [5.74, 6) is -2.65. The molecular weight excluding hydrogens is 328 g/mol. The van der Waals surface area contributed by atoms with Gasteiger partial charge in [0.2, 0.25) is 5.91 Å². The number of hydrogen-bond donors (Lipinski definition) is 1. The van der Waals surface area contributed by atoms with Gasteiger partial charge >= 0.3 is 5.97 Å². The lowest BCUT2D eigenvalue weighted by atomic mass is 9.76. The minimum atomic E-state index is -1.01. The number of carbonyl (C=O) groups is 2. The normalized spacial score (nSPS) is 19.5. The topological polar surface area (TPSA) is 79.2 Å². The first-order chi connectivity index (χ1) is 12.7. The largest absolute Gasteiger partial charge is 0.463 e. The number of ether oxygens (including phenoxy) is 1. The molecule has 2 unspecified atom stereocenters. The van der Waals surface area contributed by atoms with E-state index in [9.17, 15) is 14.9 Å². The highest BCUT2D eigenvalue weighted by atomic mass is 16.5. The van der Waals surface area contributed by atoms with E-state index in [0.717, 1.165) is 5.56 Å². The number of hydrogen-bond acceptors (Lipinski definition) is 4. The Morgan fingerprint density at radius 2 is 1.73 bits per heavy atom. The van der Waals surface area contributed by atoms with E-state index >= 15 is 0 Å². The van der Waals surface area contributed by atoms with Gasteiger partial charge in [0.1, 0.15) is 5.92 Å². The maximum absolute atomic E-state index is 12.8. The number of nitriles is 1. The van der Waals surface area contributed by atoms with Crippen LogP contribution < -0.4 is 5.32 Å². The number of nitrogens with one attached hydrogen (secondary N) is 1. The monoisotopic (exact) mass is 346 g/mol. The predicted octanol–water partition coefficient (Wildman–Crippen LogP) is 3.01. The SMILES string of the molecule is CCOC(=O)C1=C(c2ccccc2)NC(=O)C(C#N)C1c1ccccc1. The summed E-state index contributed by atoms with van der Waals surface area (Å²) in [5, 5.41) is 12.3. The number of amides is 1. The fraction of sp³-hybridized carbons (Fsp3) is 0.190. The second kappa shape index (κ2) is 7.66. The zero-order chi connectivity index (χ0) is 18.5. The summed E-state index contributed by atoms with van der Waals surface area (Å²) < 4.78 is 5.26. The smallest absolute Gasteiger partial charge is 0.336 e. The van der Waals surface area contributed by atoms with Gasteiger partial charge in [-0.15, -0.1) is 0 Å². The molecule has 5 nitrogen and oxygen atoms in total. The third-order valence-electron chi connectivity index (χ3n) is 4.30. The molecule has 0 aromatic heterocycles. The van der Waals surface area contributed by atoms with Crippen molar-refractivity contribution in [3.05, 3.63) is 77.4 Å². The molecule has 0 bridgehead atoms. The zero-order valence-corrected chi connectivity index (χ0v) is 14.3. The van der Waals surface area contributed by atoms with Crippen LogP contribution in [0.4, 0.5) is 0 Å². The van der Waals surface area contributed by atoms with Crippen LogP contribution >= 0.6 is 0 Å². The quantitative estimate of drug-likeness (QED) is 0.863. The van der Waals surface area contributed by atoms with Crippen LogP contribution in [-0.2, 0) is 14.3 Å². The molecule has 0 spiro atoms. The predicted molar refractivity (Wildman–Crippen MR) is 96.4 cm³/mol. The molecule has 3 rings (SSSR count). The molecule has 0 fully saturated rings. The van der Waals surface area contributed by atoms with Gasteiger partial charge in [-0.1, -0.05) is 60.7 Å². The van der Waals surface area contributed by atoms with Crippen molar-refractivity contribution in [1.29, 1.82) is 5.26 Å². The Hall–Kier alpha value is -3.39. The first-order valence-electron chi connectivity index (χ1n) is 8.39. The van der Waals surface area contributed by atoms with Crippen molar-refractivity contribution < 1.29 is 14.3 Å². The van der Waals surface area contributed by atoms with E-state index in [0.29, 0.717) is 16.8 Å². The third-order valence-corrected chi connectivity index (χ3v) is 4.30. The first-order valence-corrected chi connectivity index (χ1v) is 8.39. The van der Waals surface area contributed by atoms with Crippen molar-refractivity contribution in [3.8, 4) is 6.07 Å². The van der Waals surface area contributed by atoms with Crippen molar-refractivity contribution in [2.24, 2.45) is 5.92 Å². The van der Waals surface area contributed by atoms with Crippen LogP contribution in [0.2, 0.25) is 0 Å². The average Bonchev–Trinajstić information content (AvgIpc) is 2.68. The van der Waals surface area contributed by atoms with E-state index in [4.69, 9.17) is 4.74 Å². The van der Waals surface area contributed by atoms with Crippen molar-refractivity contribution in [2.45, 2.75) is 12.8 Å².